The van der Waals surface area contributed by atoms with Gasteiger partial charge in [0.15, 0.2) is 17.9 Å². The zero-order valence-electron chi connectivity index (χ0n) is 14.7. The first-order valence-corrected chi connectivity index (χ1v) is 8.65. The van der Waals surface area contributed by atoms with Crippen LogP contribution in [-0.4, -0.2) is 61.6 Å². The Hall–Kier alpha value is -2.34. The van der Waals surface area contributed by atoms with Crippen LogP contribution >= 0.6 is 0 Å². The summed E-state index contributed by atoms with van der Waals surface area (Å²) in [6.07, 6.45) is 0.207. The van der Waals surface area contributed by atoms with Crippen LogP contribution in [0.5, 0.6) is 0 Å². The van der Waals surface area contributed by atoms with Crippen molar-refractivity contribution in [2.45, 2.75) is 50.3 Å². The van der Waals surface area contributed by atoms with Crippen molar-refractivity contribution in [3.05, 3.63) is 18.3 Å². The Kier molecular flexibility index (Phi) is 5.56. The number of amides is 1. The average Bonchev–Trinajstić information content (AvgIpc) is 3.21. The molecule has 0 aliphatic carbocycles. The third-order valence-electron chi connectivity index (χ3n) is 4.65. The summed E-state index contributed by atoms with van der Waals surface area (Å²) in [6.45, 7) is 1.41. The van der Waals surface area contributed by atoms with Gasteiger partial charge in [-0.2, -0.15) is 0 Å². The van der Waals surface area contributed by atoms with E-state index in [4.69, 9.17) is 16.2 Å². The minimum absolute atomic E-state index is 0.0235. The number of aliphatic hydroxyl groups is 2. The van der Waals surface area contributed by atoms with E-state index < -0.39 is 48.9 Å². The molecule has 1 amide bonds. The van der Waals surface area contributed by atoms with Crippen molar-refractivity contribution in [1.82, 2.24) is 19.9 Å². The fraction of sp³-hybridized carbons (Fsp3) is 0.562. The molecule has 1 fully saturated rings. The summed E-state index contributed by atoms with van der Waals surface area (Å²) in [7, 11) is 0. The predicted molar refractivity (Wildman–Crippen MR) is 93.7 cm³/mol. The van der Waals surface area contributed by atoms with E-state index >= 15 is 0 Å². The van der Waals surface area contributed by atoms with Gasteiger partial charge in [-0.05, 0) is 6.42 Å². The van der Waals surface area contributed by atoms with Gasteiger partial charge < -0.3 is 31.7 Å². The minimum Gasteiger partial charge on any atom is -0.394 e. The van der Waals surface area contributed by atoms with E-state index in [0.717, 1.165) is 6.20 Å². The molecule has 10 nitrogen and oxygen atoms in total. The van der Waals surface area contributed by atoms with E-state index in [1.54, 1.807) is 0 Å². The maximum Gasteiger partial charge on any atom is 0.237 e. The van der Waals surface area contributed by atoms with Crippen molar-refractivity contribution in [3.8, 4) is 0 Å². The smallest absolute Gasteiger partial charge is 0.237 e. The molecule has 0 spiro atoms. The number of ether oxygens (including phenoxy) is 1. The van der Waals surface area contributed by atoms with Gasteiger partial charge in [0.1, 0.15) is 29.3 Å². The highest BCUT2D eigenvalue weighted by Crippen LogP contribution is 2.33. The van der Waals surface area contributed by atoms with Crippen molar-refractivity contribution in [3.63, 3.8) is 0 Å². The lowest BCUT2D eigenvalue weighted by molar-refractivity contribution is -0.124. The molecule has 0 aromatic carbocycles. The number of aliphatic hydroxyl groups excluding tert-OH is 2. The van der Waals surface area contributed by atoms with Gasteiger partial charge in [-0.1, -0.05) is 13.3 Å². The van der Waals surface area contributed by atoms with Gasteiger partial charge in [-0.15, -0.1) is 0 Å². The molecule has 3 heterocycles. The van der Waals surface area contributed by atoms with Gasteiger partial charge in [0.2, 0.25) is 5.91 Å². The second-order valence-corrected chi connectivity index (χ2v) is 6.51. The first kappa shape index (κ1) is 19.4. The van der Waals surface area contributed by atoms with Gasteiger partial charge in [0.25, 0.3) is 0 Å². The molecule has 2 aromatic heterocycles. The van der Waals surface area contributed by atoms with E-state index in [2.05, 4.69) is 15.3 Å². The Morgan fingerprint density at radius 2 is 2.26 bits per heavy atom. The number of imidazole rings is 1. The second-order valence-electron chi connectivity index (χ2n) is 6.51. The number of anilines is 1. The van der Waals surface area contributed by atoms with Crippen molar-refractivity contribution in [1.29, 1.82) is 0 Å². The molecule has 7 N–H and O–H groups in total. The molecule has 148 valence electrons. The maximum absolute atomic E-state index is 14.4. The lowest BCUT2D eigenvalue weighted by atomic mass is 10.1. The molecule has 1 saturated heterocycles. The van der Waals surface area contributed by atoms with Crippen LogP contribution in [0.1, 0.15) is 26.0 Å². The lowest BCUT2D eigenvalue weighted by Crippen LogP contribution is -2.51. The first-order valence-electron chi connectivity index (χ1n) is 8.65. The zero-order chi connectivity index (χ0) is 19.7. The number of carbonyl (C=O) groups excluding carboxylic acids is 1. The summed E-state index contributed by atoms with van der Waals surface area (Å²) in [6, 6.07) is -1.73. The third kappa shape index (κ3) is 3.46. The molecule has 27 heavy (non-hydrogen) atoms. The van der Waals surface area contributed by atoms with Crippen LogP contribution in [0.3, 0.4) is 0 Å². The number of nitrogens with two attached hydrogens (primary N) is 2. The molecule has 5 atom stereocenters. The maximum atomic E-state index is 14.4. The van der Waals surface area contributed by atoms with E-state index in [1.165, 1.54) is 10.9 Å². The zero-order valence-corrected chi connectivity index (χ0v) is 14.7. The molecule has 0 radical (unpaired) electrons. The number of aromatic nitrogens is 3. The Bertz CT molecular complexity index is 831. The summed E-state index contributed by atoms with van der Waals surface area (Å²) in [5.41, 5.74) is 11.7. The quantitative estimate of drug-likeness (QED) is 0.426. The number of nitrogens with one attached hydrogen (secondary N) is 1. The van der Waals surface area contributed by atoms with Crippen molar-refractivity contribution in [2.24, 2.45) is 5.73 Å². The van der Waals surface area contributed by atoms with Crippen LogP contribution in [-0.2, 0) is 9.53 Å². The SMILES string of the molecule is CCCC(N)C(=O)NC1C(O)[C@@H](CO)O[C@H]1n1cnc2c(N)ncc(F)c21. The summed E-state index contributed by atoms with van der Waals surface area (Å²) in [5, 5.41) is 22.6. The van der Waals surface area contributed by atoms with Gasteiger partial charge >= 0.3 is 0 Å². The number of halogens is 1. The highest BCUT2D eigenvalue weighted by Gasteiger charge is 2.46. The topological polar surface area (TPSA) is 162 Å². The van der Waals surface area contributed by atoms with Gasteiger partial charge in [-0.25, -0.2) is 14.4 Å². The van der Waals surface area contributed by atoms with Crippen LogP contribution in [0.25, 0.3) is 11.0 Å². The molecule has 11 heteroatoms. The highest BCUT2D eigenvalue weighted by molar-refractivity contribution is 5.85. The summed E-state index contributed by atoms with van der Waals surface area (Å²) < 4.78 is 21.3. The highest BCUT2D eigenvalue weighted by atomic mass is 19.1. The predicted octanol–water partition coefficient (Wildman–Crippen LogP) is -0.985. The molecule has 1 aliphatic rings. The molecule has 1 aliphatic heterocycles. The van der Waals surface area contributed by atoms with E-state index in [-0.39, 0.29) is 16.9 Å². The van der Waals surface area contributed by atoms with Gasteiger partial charge in [-0.3, -0.25) is 9.36 Å². The molecule has 2 aromatic rings. The first-order chi connectivity index (χ1) is 12.9. The number of nitrogen functional groups attached to an aromatic ring is 1. The van der Waals surface area contributed by atoms with E-state index in [9.17, 15) is 19.4 Å². The third-order valence-corrected chi connectivity index (χ3v) is 4.65. The van der Waals surface area contributed by atoms with Crippen LogP contribution in [0.15, 0.2) is 12.5 Å². The molecule has 0 saturated carbocycles. The van der Waals surface area contributed by atoms with Crippen LogP contribution in [0.2, 0.25) is 0 Å². The Labute approximate surface area is 154 Å². The Balaban J connectivity index is 1.97. The van der Waals surface area contributed by atoms with Crippen LogP contribution in [0, 0.1) is 5.82 Å². The molecule has 0 bridgehead atoms. The van der Waals surface area contributed by atoms with E-state index in [0.29, 0.717) is 12.8 Å². The average molecular weight is 382 g/mol. The van der Waals surface area contributed by atoms with Crippen LogP contribution < -0.4 is 16.8 Å². The standard InChI is InChI=1S/C16H23FN6O4/c1-2-3-8(18)15(26)22-11-13(25)9(5-24)27-16(11)23-6-21-10-12(23)7(17)4-20-14(10)19/h4,6,8-9,11,13,16,24-25H,2-3,5,18H2,1H3,(H2,19,20)(H,22,26)/t8?,9-,11?,13?,16-/m1/s1. The largest absolute Gasteiger partial charge is 0.394 e. The summed E-state index contributed by atoms with van der Waals surface area (Å²) >= 11 is 0. The molecule has 3 unspecified atom stereocenters. The number of fused-ring (bicyclic) bond motifs is 1. The molecular formula is C16H23FN6O4. The fourth-order valence-corrected chi connectivity index (χ4v) is 3.23. The van der Waals surface area contributed by atoms with Gasteiger partial charge in [0.05, 0.1) is 25.2 Å². The normalized spacial score (nSPS) is 26.4. The fourth-order valence-electron chi connectivity index (χ4n) is 3.23. The van der Waals surface area contributed by atoms with Crippen molar-refractivity contribution >= 4 is 22.8 Å². The number of rotatable bonds is 6. The minimum atomic E-state index is -1.22. The monoisotopic (exact) mass is 382 g/mol. The second kappa shape index (κ2) is 7.72. The van der Waals surface area contributed by atoms with Crippen molar-refractivity contribution < 1.29 is 24.1 Å². The lowest BCUT2D eigenvalue weighted by Gasteiger charge is -2.24. The summed E-state index contributed by atoms with van der Waals surface area (Å²) in [4.78, 5) is 20.1. The molecular weight excluding hydrogens is 359 g/mol. The molecule has 3 rings (SSSR count). The van der Waals surface area contributed by atoms with Gasteiger partial charge in [0, 0.05) is 0 Å². The number of hydrogen-bond acceptors (Lipinski definition) is 8. The Morgan fingerprint density at radius 3 is 2.93 bits per heavy atom. The van der Waals surface area contributed by atoms with Crippen molar-refractivity contribution in [2.75, 3.05) is 12.3 Å². The number of pyridine rings is 1. The summed E-state index contributed by atoms with van der Waals surface area (Å²) in [5.74, 6) is -1.12. The van der Waals surface area contributed by atoms with E-state index in [1.807, 2.05) is 6.92 Å². The number of carbonyl (C=O) groups is 1. The Morgan fingerprint density at radius 1 is 1.52 bits per heavy atom. The van der Waals surface area contributed by atoms with Crippen LogP contribution in [0.4, 0.5) is 10.2 Å². The number of nitrogens with zero attached hydrogens (tertiary/aromatic N) is 3. The number of hydrogen-bond donors (Lipinski definition) is 5.